The number of benzene rings is 2. The van der Waals surface area contributed by atoms with Gasteiger partial charge in [0.25, 0.3) is 5.91 Å². The Labute approximate surface area is 160 Å². The van der Waals surface area contributed by atoms with Crippen molar-refractivity contribution < 1.29 is 9.59 Å². The summed E-state index contributed by atoms with van der Waals surface area (Å²) in [5.41, 5.74) is 3.28. The molecule has 1 heterocycles. The Kier molecular flexibility index (Phi) is 6.24. The van der Waals surface area contributed by atoms with Gasteiger partial charge in [0.05, 0.1) is 11.3 Å². The molecule has 2 atom stereocenters. The van der Waals surface area contributed by atoms with E-state index in [1.807, 2.05) is 43.3 Å². The summed E-state index contributed by atoms with van der Waals surface area (Å²) >= 11 is 0. The van der Waals surface area contributed by atoms with Gasteiger partial charge in [-0.2, -0.15) is 0 Å². The largest absolute Gasteiger partial charge is 0.348 e. The lowest BCUT2D eigenvalue weighted by Gasteiger charge is -2.27. The number of carbonyl (C=O) groups is 2. The Morgan fingerprint density at radius 3 is 2.59 bits per heavy atom. The van der Waals surface area contributed by atoms with Crippen molar-refractivity contribution in [1.29, 1.82) is 0 Å². The van der Waals surface area contributed by atoms with Crippen molar-refractivity contribution in [2.45, 2.75) is 39.3 Å². The normalized spacial score (nSPS) is 19.3. The molecule has 27 heavy (non-hydrogen) atoms. The molecular formula is C22H27N3O2. The standard InChI is InChI=1S/C22H27N3O2/c1-15-7-9-17(10-8-15)14-24-22(27)19-5-3-4-6-20(19)25-21(26)18-11-12-23-16(2)13-18/h3-10,16,18,23H,11-14H2,1-2H3,(H,24,27)(H,25,26)/t16-,18-/m0/s1. The maximum atomic E-state index is 12.6. The monoisotopic (exact) mass is 365 g/mol. The van der Waals surface area contributed by atoms with Crippen LogP contribution in [0.4, 0.5) is 5.69 Å². The predicted molar refractivity (Wildman–Crippen MR) is 108 cm³/mol. The summed E-state index contributed by atoms with van der Waals surface area (Å²) in [5, 5.41) is 9.25. The molecule has 2 amide bonds. The van der Waals surface area contributed by atoms with Crippen LogP contribution in [0.3, 0.4) is 0 Å². The van der Waals surface area contributed by atoms with Gasteiger partial charge in [0, 0.05) is 18.5 Å². The first-order chi connectivity index (χ1) is 13.0. The molecule has 3 rings (SSSR count). The van der Waals surface area contributed by atoms with Crippen LogP contribution >= 0.6 is 0 Å². The highest BCUT2D eigenvalue weighted by atomic mass is 16.2. The van der Waals surface area contributed by atoms with Crippen LogP contribution in [0.2, 0.25) is 0 Å². The molecule has 5 nitrogen and oxygen atoms in total. The second kappa shape index (κ2) is 8.82. The van der Waals surface area contributed by atoms with Crippen molar-refractivity contribution in [3.63, 3.8) is 0 Å². The summed E-state index contributed by atoms with van der Waals surface area (Å²) in [6, 6.07) is 15.5. The van der Waals surface area contributed by atoms with Gasteiger partial charge in [-0.25, -0.2) is 0 Å². The van der Waals surface area contributed by atoms with E-state index in [9.17, 15) is 9.59 Å². The van der Waals surface area contributed by atoms with Gasteiger partial charge in [-0.3, -0.25) is 9.59 Å². The number of rotatable bonds is 5. The van der Waals surface area contributed by atoms with Crippen molar-refractivity contribution in [2.75, 3.05) is 11.9 Å². The van der Waals surface area contributed by atoms with Gasteiger partial charge in [-0.05, 0) is 50.9 Å². The summed E-state index contributed by atoms with van der Waals surface area (Å²) in [6.07, 6.45) is 1.63. The first kappa shape index (κ1) is 19.1. The molecule has 1 fully saturated rings. The van der Waals surface area contributed by atoms with Gasteiger partial charge in [-0.15, -0.1) is 0 Å². The minimum absolute atomic E-state index is 0.0119. The Hall–Kier alpha value is -2.66. The molecule has 142 valence electrons. The van der Waals surface area contributed by atoms with Gasteiger partial charge in [0.1, 0.15) is 0 Å². The molecule has 0 bridgehead atoms. The molecule has 1 saturated heterocycles. The Bertz CT molecular complexity index is 801. The SMILES string of the molecule is Cc1ccc(CNC(=O)c2ccccc2NC(=O)[C@H]2CCN[C@@H](C)C2)cc1. The third-order valence-corrected chi connectivity index (χ3v) is 5.00. The second-order valence-corrected chi connectivity index (χ2v) is 7.28. The maximum absolute atomic E-state index is 12.6. The highest BCUT2D eigenvalue weighted by Gasteiger charge is 2.25. The molecule has 5 heteroatoms. The second-order valence-electron chi connectivity index (χ2n) is 7.28. The molecular weight excluding hydrogens is 338 g/mol. The van der Waals surface area contributed by atoms with Gasteiger partial charge in [0.15, 0.2) is 0 Å². The van der Waals surface area contributed by atoms with Gasteiger partial charge in [-0.1, -0.05) is 42.0 Å². The molecule has 2 aromatic rings. The number of aryl methyl sites for hydroxylation is 1. The molecule has 2 aromatic carbocycles. The van der Waals surface area contributed by atoms with Crippen LogP contribution in [0, 0.1) is 12.8 Å². The minimum atomic E-state index is -0.190. The molecule has 0 spiro atoms. The van der Waals surface area contributed by atoms with E-state index in [1.165, 1.54) is 5.56 Å². The summed E-state index contributed by atoms with van der Waals surface area (Å²) in [7, 11) is 0. The quantitative estimate of drug-likeness (QED) is 0.762. The zero-order valence-electron chi connectivity index (χ0n) is 15.9. The van der Waals surface area contributed by atoms with Crippen molar-refractivity contribution >= 4 is 17.5 Å². The number of nitrogens with one attached hydrogen (secondary N) is 3. The van der Waals surface area contributed by atoms with Crippen molar-refractivity contribution in [3.05, 3.63) is 65.2 Å². The first-order valence-electron chi connectivity index (χ1n) is 9.50. The fourth-order valence-corrected chi connectivity index (χ4v) is 3.38. The Morgan fingerprint density at radius 1 is 1.11 bits per heavy atom. The van der Waals surface area contributed by atoms with Crippen molar-refractivity contribution in [3.8, 4) is 0 Å². The summed E-state index contributed by atoms with van der Waals surface area (Å²) in [5.74, 6) is -0.225. The van der Waals surface area contributed by atoms with E-state index >= 15 is 0 Å². The van der Waals surface area contributed by atoms with Crippen LogP contribution in [0.5, 0.6) is 0 Å². The molecule has 1 aliphatic rings. The van der Waals surface area contributed by atoms with Crippen LogP contribution < -0.4 is 16.0 Å². The van der Waals surface area contributed by atoms with Crippen LogP contribution in [0.25, 0.3) is 0 Å². The van der Waals surface area contributed by atoms with E-state index in [4.69, 9.17) is 0 Å². The summed E-state index contributed by atoms with van der Waals surface area (Å²) in [4.78, 5) is 25.3. The lowest BCUT2D eigenvalue weighted by molar-refractivity contribution is -0.120. The zero-order chi connectivity index (χ0) is 19.2. The van der Waals surface area contributed by atoms with E-state index in [-0.39, 0.29) is 17.7 Å². The fraction of sp³-hybridized carbons (Fsp3) is 0.364. The van der Waals surface area contributed by atoms with E-state index in [0.717, 1.165) is 24.9 Å². The number of amides is 2. The molecule has 0 radical (unpaired) electrons. The van der Waals surface area contributed by atoms with Crippen LogP contribution in [0.15, 0.2) is 48.5 Å². The van der Waals surface area contributed by atoms with E-state index in [0.29, 0.717) is 23.8 Å². The number of carbonyl (C=O) groups excluding carboxylic acids is 2. The highest BCUT2D eigenvalue weighted by Crippen LogP contribution is 2.21. The summed E-state index contributed by atoms with van der Waals surface area (Å²) < 4.78 is 0. The highest BCUT2D eigenvalue weighted by molar-refractivity contribution is 6.04. The molecule has 3 N–H and O–H groups in total. The Balaban J connectivity index is 1.64. The number of anilines is 1. The van der Waals surface area contributed by atoms with Gasteiger partial charge in [0.2, 0.25) is 5.91 Å². The predicted octanol–water partition coefficient (Wildman–Crippen LogP) is 3.25. The van der Waals surface area contributed by atoms with Crippen molar-refractivity contribution in [2.24, 2.45) is 5.92 Å². The number of piperidine rings is 1. The van der Waals surface area contributed by atoms with E-state index < -0.39 is 0 Å². The third kappa shape index (κ3) is 5.17. The number of hydrogen-bond acceptors (Lipinski definition) is 3. The summed E-state index contributed by atoms with van der Waals surface area (Å²) in [6.45, 7) is 5.42. The molecule has 0 unspecified atom stereocenters. The molecule has 1 aliphatic heterocycles. The van der Waals surface area contributed by atoms with E-state index in [1.54, 1.807) is 12.1 Å². The lowest BCUT2D eigenvalue weighted by atomic mass is 9.92. The molecule has 0 aliphatic carbocycles. The van der Waals surface area contributed by atoms with Gasteiger partial charge >= 0.3 is 0 Å². The maximum Gasteiger partial charge on any atom is 0.253 e. The lowest BCUT2D eigenvalue weighted by Crippen LogP contribution is -2.40. The minimum Gasteiger partial charge on any atom is -0.348 e. The third-order valence-electron chi connectivity index (χ3n) is 5.00. The van der Waals surface area contributed by atoms with Crippen molar-refractivity contribution in [1.82, 2.24) is 10.6 Å². The van der Waals surface area contributed by atoms with Crippen LogP contribution in [0.1, 0.15) is 41.3 Å². The molecule has 0 aromatic heterocycles. The number of para-hydroxylation sites is 1. The van der Waals surface area contributed by atoms with Crippen LogP contribution in [-0.2, 0) is 11.3 Å². The molecule has 0 saturated carbocycles. The average molecular weight is 365 g/mol. The zero-order valence-corrected chi connectivity index (χ0v) is 15.9. The topological polar surface area (TPSA) is 70.2 Å². The van der Waals surface area contributed by atoms with Gasteiger partial charge < -0.3 is 16.0 Å². The first-order valence-corrected chi connectivity index (χ1v) is 9.50. The number of hydrogen-bond donors (Lipinski definition) is 3. The fourth-order valence-electron chi connectivity index (χ4n) is 3.38. The van der Waals surface area contributed by atoms with Crippen LogP contribution in [-0.4, -0.2) is 24.4 Å². The van der Waals surface area contributed by atoms with E-state index in [2.05, 4.69) is 22.9 Å². The smallest absolute Gasteiger partial charge is 0.253 e. The Morgan fingerprint density at radius 2 is 1.85 bits per heavy atom. The average Bonchev–Trinajstić information content (AvgIpc) is 2.67.